The van der Waals surface area contributed by atoms with Crippen LogP contribution in [0.2, 0.25) is 21.9 Å². The Bertz CT molecular complexity index is 581. The fourth-order valence-corrected chi connectivity index (χ4v) is 40.5. The maximum atomic E-state index is 9.88. The number of hydrogen-bond acceptors (Lipinski definition) is 1. The van der Waals surface area contributed by atoms with E-state index >= 15 is 0 Å². The van der Waals surface area contributed by atoms with E-state index in [1.165, 1.54) is 0 Å². The van der Waals surface area contributed by atoms with Crippen LogP contribution in [-0.2, 0) is 15.1 Å². The zero-order valence-corrected chi connectivity index (χ0v) is 20.0. The van der Waals surface area contributed by atoms with Crippen molar-refractivity contribution in [1.82, 2.24) is 0 Å². The summed E-state index contributed by atoms with van der Waals surface area (Å²) in [6.45, 7) is 7.76. The molecule has 21 heavy (non-hydrogen) atoms. The molecular formula is C15H29Cl2OSi2Zr. The van der Waals surface area contributed by atoms with Crippen molar-refractivity contribution in [3.8, 4) is 0 Å². The first-order valence-electron chi connectivity index (χ1n) is 7.40. The van der Waals surface area contributed by atoms with E-state index in [0.717, 1.165) is 17.0 Å². The molecule has 0 aromatic heterocycles. The molecule has 0 amide bonds. The molecule has 0 unspecified atom stereocenters. The monoisotopic (exact) mass is 441 g/mol. The number of rotatable bonds is 5. The SMILES string of the molecule is C[SiH](C)[Zr]([CH3])(=[SiH2])([CH2]CO)([C]1=CC=CC1)[C]1=CC=CC1.Cl.Cl. The summed E-state index contributed by atoms with van der Waals surface area (Å²) in [6.07, 6.45) is 16.1. The zero-order chi connectivity index (χ0) is 14.2. The minimum atomic E-state index is -3.66. The van der Waals surface area contributed by atoms with Gasteiger partial charge in [0, 0.05) is 0 Å². The molecule has 2 aliphatic rings. The average Bonchev–Trinajstić information content (AvgIpc) is 3.04. The smallest absolute Gasteiger partial charge is 0.147 e. The molecule has 1 nitrogen and oxygen atoms in total. The second-order valence-electron chi connectivity index (χ2n) is 7.55. The molecular weight excluding hydrogens is 414 g/mol. The molecule has 0 aliphatic heterocycles. The second-order valence-corrected chi connectivity index (χ2v) is 69.1. The molecule has 2 rings (SSSR count). The normalized spacial score (nSPS) is 20.2. The van der Waals surface area contributed by atoms with E-state index in [2.05, 4.69) is 61.1 Å². The van der Waals surface area contributed by atoms with E-state index < -0.39 is 21.0 Å². The van der Waals surface area contributed by atoms with Crippen LogP contribution in [0.25, 0.3) is 0 Å². The largest absolute Gasteiger partial charge is 0.147 e. The first-order valence-corrected chi connectivity index (χ1v) is 27.1. The van der Waals surface area contributed by atoms with Crippen LogP contribution in [0, 0.1) is 0 Å². The Balaban J connectivity index is 0.00000200. The third-order valence-corrected chi connectivity index (χ3v) is 85.2. The quantitative estimate of drug-likeness (QED) is 0.642. The van der Waals surface area contributed by atoms with Crippen LogP contribution in [0.4, 0.5) is 0 Å². The Morgan fingerprint density at radius 2 is 1.52 bits per heavy atom. The third-order valence-electron chi connectivity index (χ3n) is 6.69. The van der Waals surface area contributed by atoms with Crippen LogP contribution >= 0.6 is 24.8 Å². The van der Waals surface area contributed by atoms with Crippen LogP contribution in [0.1, 0.15) is 12.8 Å². The first kappa shape index (κ1) is 21.8. The molecule has 0 saturated carbocycles. The van der Waals surface area contributed by atoms with E-state index in [9.17, 15) is 5.11 Å². The number of hydrogen-bond donors (Lipinski definition) is 1. The number of halogens is 2. The van der Waals surface area contributed by atoms with Gasteiger partial charge in [-0.15, -0.1) is 24.8 Å². The van der Waals surface area contributed by atoms with E-state index in [-0.39, 0.29) is 24.8 Å². The molecule has 0 aromatic rings. The molecule has 0 atom stereocenters. The summed E-state index contributed by atoms with van der Waals surface area (Å²) in [6, 6.07) is 0. The van der Waals surface area contributed by atoms with Crippen molar-refractivity contribution in [3.05, 3.63) is 43.0 Å². The zero-order valence-electron chi connectivity index (χ0n) is 13.3. The molecule has 121 valence electrons. The van der Waals surface area contributed by atoms with Crippen LogP contribution in [-0.4, -0.2) is 24.5 Å². The molecule has 0 fully saturated rings. The molecule has 1 N–H and O–H groups in total. The minimum Gasteiger partial charge on any atom is -0.147 e. The maximum absolute atomic E-state index is 9.88. The van der Waals surface area contributed by atoms with Crippen molar-refractivity contribution < 1.29 is 20.2 Å². The Hall–Kier alpha value is 0.817. The summed E-state index contributed by atoms with van der Waals surface area (Å²) in [7, 11) is 0. The van der Waals surface area contributed by atoms with Gasteiger partial charge in [-0.3, -0.25) is 0 Å². The Labute approximate surface area is 141 Å². The Morgan fingerprint density at radius 1 is 1.10 bits per heavy atom. The summed E-state index contributed by atoms with van der Waals surface area (Å²) in [4.78, 5) is 0. The summed E-state index contributed by atoms with van der Waals surface area (Å²) < 4.78 is 7.12. The van der Waals surface area contributed by atoms with Crippen LogP contribution in [0.15, 0.2) is 43.0 Å². The van der Waals surface area contributed by atoms with Gasteiger partial charge in [0.25, 0.3) is 0 Å². The van der Waals surface area contributed by atoms with Crippen molar-refractivity contribution in [3.63, 3.8) is 0 Å². The van der Waals surface area contributed by atoms with Crippen molar-refractivity contribution in [2.75, 3.05) is 6.61 Å². The van der Waals surface area contributed by atoms with Gasteiger partial charge in [-0.05, 0) is 0 Å². The molecule has 0 spiro atoms. The van der Waals surface area contributed by atoms with Crippen LogP contribution < -0.4 is 0 Å². The maximum Gasteiger partial charge on any atom is -0.147 e. The number of aliphatic hydroxyl groups is 1. The number of aliphatic hydroxyl groups excluding tert-OH is 1. The molecule has 6 heteroatoms. The Morgan fingerprint density at radius 3 is 1.76 bits per heavy atom. The van der Waals surface area contributed by atoms with Gasteiger partial charge in [0.15, 0.2) is 0 Å². The van der Waals surface area contributed by atoms with Gasteiger partial charge in [-0.25, -0.2) is 0 Å². The molecule has 0 bridgehead atoms. The summed E-state index contributed by atoms with van der Waals surface area (Å²) in [5, 5.41) is 9.88. The van der Waals surface area contributed by atoms with Gasteiger partial charge in [-0.1, -0.05) is 0 Å². The molecule has 0 radical (unpaired) electrons. The van der Waals surface area contributed by atoms with Crippen molar-refractivity contribution >= 4 is 37.6 Å². The standard InChI is InChI=1S/2C5H5.C2H5O.C2H7Si.CH3.2ClH.H2Si.Zr/c2*1-2-4-5-3-1;1-2-3;1-3-2;;;;;/h2*1-3H,4H2;3H,1-2H2;3H,1-2H3;1H3;2*1H;1H2;. The van der Waals surface area contributed by atoms with Gasteiger partial charge < -0.3 is 0 Å². The second kappa shape index (κ2) is 6.74. The van der Waals surface area contributed by atoms with Crippen LogP contribution in [0.3, 0.4) is 0 Å². The fraction of sp³-hybridized carbons (Fsp3) is 0.467. The number of allylic oxidation sites excluding steroid dienone is 8. The summed E-state index contributed by atoms with van der Waals surface area (Å²) in [5.41, 5.74) is 0. The van der Waals surface area contributed by atoms with Gasteiger partial charge in [0.2, 0.25) is 0 Å². The van der Waals surface area contributed by atoms with Crippen molar-refractivity contribution in [2.24, 2.45) is 0 Å². The van der Waals surface area contributed by atoms with E-state index in [0.29, 0.717) is 6.61 Å². The fourth-order valence-electron chi connectivity index (χ4n) is 4.11. The van der Waals surface area contributed by atoms with Gasteiger partial charge in [0.05, 0.1) is 0 Å². The molecule has 0 saturated heterocycles. The third kappa shape index (κ3) is 2.85. The van der Waals surface area contributed by atoms with Crippen LogP contribution in [0.5, 0.6) is 0 Å². The van der Waals surface area contributed by atoms with Gasteiger partial charge in [-0.2, -0.15) is 0 Å². The summed E-state index contributed by atoms with van der Waals surface area (Å²) >= 11 is -3.66. The topological polar surface area (TPSA) is 20.2 Å². The van der Waals surface area contributed by atoms with Gasteiger partial charge in [0.1, 0.15) is 0 Å². The average molecular weight is 444 g/mol. The predicted molar refractivity (Wildman–Crippen MR) is 103 cm³/mol. The first-order chi connectivity index (χ1) is 8.81. The van der Waals surface area contributed by atoms with Gasteiger partial charge >= 0.3 is 117 Å². The molecule has 0 aromatic carbocycles. The van der Waals surface area contributed by atoms with Crippen molar-refractivity contribution in [1.29, 1.82) is 0 Å². The minimum absolute atomic E-state index is 0. The van der Waals surface area contributed by atoms with E-state index in [1.54, 1.807) is 6.56 Å². The van der Waals surface area contributed by atoms with Crippen molar-refractivity contribution in [2.45, 2.75) is 34.7 Å². The summed E-state index contributed by atoms with van der Waals surface area (Å²) in [5.74, 6) is -0.937. The van der Waals surface area contributed by atoms with E-state index in [1.807, 2.05) is 0 Å². The van der Waals surface area contributed by atoms with E-state index in [4.69, 9.17) is 0 Å². The molecule has 0 heterocycles. The Kier molecular flexibility index (Phi) is 7.01. The predicted octanol–water partition coefficient (Wildman–Crippen LogP) is 3.73. The molecule has 2 aliphatic carbocycles.